The van der Waals surface area contributed by atoms with Gasteiger partial charge in [0, 0.05) is 17.9 Å². The summed E-state index contributed by atoms with van der Waals surface area (Å²) in [6.45, 7) is 3.58. The second-order valence-corrected chi connectivity index (χ2v) is 4.43. The Kier molecular flexibility index (Phi) is 4.53. The molecule has 0 aliphatic carbocycles. The summed E-state index contributed by atoms with van der Waals surface area (Å²) in [5, 5.41) is 0. The van der Waals surface area contributed by atoms with Crippen LogP contribution in [0, 0.1) is 5.82 Å². The van der Waals surface area contributed by atoms with Gasteiger partial charge in [-0.2, -0.15) is 0 Å². The van der Waals surface area contributed by atoms with Crippen LogP contribution in [0.25, 0.3) is 0 Å². The molecule has 19 heavy (non-hydrogen) atoms. The highest BCUT2D eigenvalue weighted by Gasteiger charge is 2.07. The van der Waals surface area contributed by atoms with Crippen LogP contribution in [0.4, 0.5) is 15.8 Å². The second kappa shape index (κ2) is 6.34. The number of halogens is 1. The quantitative estimate of drug-likeness (QED) is 0.889. The highest BCUT2D eigenvalue weighted by molar-refractivity contribution is 5.63. The van der Waals surface area contributed by atoms with Crippen molar-refractivity contribution in [1.82, 2.24) is 0 Å². The topological polar surface area (TPSA) is 29.3 Å². The van der Waals surface area contributed by atoms with Crippen molar-refractivity contribution in [2.24, 2.45) is 5.73 Å². The molecule has 3 heteroatoms. The van der Waals surface area contributed by atoms with Gasteiger partial charge in [-0.15, -0.1) is 0 Å². The molecule has 0 saturated heterocycles. The minimum atomic E-state index is -0.210. The van der Waals surface area contributed by atoms with Crippen LogP contribution >= 0.6 is 0 Å². The maximum absolute atomic E-state index is 13.0. The Bertz CT molecular complexity index is 505. The van der Waals surface area contributed by atoms with E-state index in [1.165, 1.54) is 17.7 Å². The fourth-order valence-electron chi connectivity index (χ4n) is 2.14. The predicted octanol–water partition coefficient (Wildman–Crippen LogP) is 3.48. The number of benzene rings is 2. The first-order chi connectivity index (χ1) is 9.24. The van der Waals surface area contributed by atoms with E-state index < -0.39 is 0 Å². The van der Waals surface area contributed by atoms with Crippen LogP contribution in [0.1, 0.15) is 12.5 Å². The Balaban J connectivity index is 2.23. The van der Waals surface area contributed by atoms with E-state index in [0.717, 1.165) is 24.3 Å². The average Bonchev–Trinajstić information content (AvgIpc) is 2.44. The van der Waals surface area contributed by atoms with E-state index in [9.17, 15) is 4.39 Å². The Labute approximate surface area is 113 Å². The average molecular weight is 258 g/mol. The van der Waals surface area contributed by atoms with E-state index >= 15 is 0 Å². The van der Waals surface area contributed by atoms with Crippen molar-refractivity contribution in [3.8, 4) is 0 Å². The normalized spacial score (nSPS) is 10.5. The molecule has 0 aliphatic heterocycles. The maximum Gasteiger partial charge on any atom is 0.123 e. The van der Waals surface area contributed by atoms with Crippen LogP contribution in [0.2, 0.25) is 0 Å². The number of hydrogen-bond donors (Lipinski definition) is 1. The first-order valence-electron chi connectivity index (χ1n) is 6.56. The summed E-state index contributed by atoms with van der Waals surface area (Å²) < 4.78 is 13.0. The summed E-state index contributed by atoms with van der Waals surface area (Å²) in [7, 11) is 0. The summed E-state index contributed by atoms with van der Waals surface area (Å²) in [5.74, 6) is -0.210. The summed E-state index contributed by atoms with van der Waals surface area (Å²) in [6.07, 6.45) is 0.892. The number of rotatable bonds is 5. The third kappa shape index (κ3) is 3.32. The van der Waals surface area contributed by atoms with Gasteiger partial charge in [0.1, 0.15) is 5.82 Å². The van der Waals surface area contributed by atoms with Crippen LogP contribution in [0.15, 0.2) is 48.5 Å². The number of anilines is 2. The smallest absolute Gasteiger partial charge is 0.123 e. The van der Waals surface area contributed by atoms with Crippen molar-refractivity contribution >= 4 is 11.4 Å². The van der Waals surface area contributed by atoms with Crippen molar-refractivity contribution in [3.05, 3.63) is 59.9 Å². The summed E-state index contributed by atoms with van der Waals surface area (Å²) in [4.78, 5) is 2.14. The Morgan fingerprint density at radius 3 is 1.95 bits per heavy atom. The molecular weight excluding hydrogens is 239 g/mol. The first kappa shape index (κ1) is 13.6. The highest BCUT2D eigenvalue weighted by Crippen LogP contribution is 2.25. The van der Waals surface area contributed by atoms with Crippen molar-refractivity contribution in [2.45, 2.75) is 13.3 Å². The molecule has 0 aliphatic rings. The van der Waals surface area contributed by atoms with Crippen LogP contribution < -0.4 is 10.6 Å². The fourth-order valence-corrected chi connectivity index (χ4v) is 2.14. The molecular formula is C16H19FN2. The van der Waals surface area contributed by atoms with E-state index in [0.29, 0.717) is 6.54 Å². The summed E-state index contributed by atoms with van der Waals surface area (Å²) in [6, 6.07) is 14.9. The third-order valence-electron chi connectivity index (χ3n) is 3.14. The molecule has 2 nitrogen and oxygen atoms in total. The highest BCUT2D eigenvalue weighted by atomic mass is 19.1. The molecule has 0 amide bonds. The fraction of sp³-hybridized carbons (Fsp3) is 0.250. The van der Waals surface area contributed by atoms with Gasteiger partial charge in [-0.25, -0.2) is 4.39 Å². The molecule has 2 aromatic carbocycles. The van der Waals surface area contributed by atoms with Gasteiger partial charge in [0.15, 0.2) is 0 Å². The lowest BCUT2D eigenvalue weighted by molar-refractivity contribution is 0.628. The zero-order valence-electron chi connectivity index (χ0n) is 11.1. The molecule has 0 heterocycles. The van der Waals surface area contributed by atoms with Crippen LogP contribution in [-0.2, 0) is 6.42 Å². The summed E-state index contributed by atoms with van der Waals surface area (Å²) >= 11 is 0. The van der Waals surface area contributed by atoms with E-state index in [4.69, 9.17) is 5.73 Å². The van der Waals surface area contributed by atoms with E-state index in [2.05, 4.69) is 36.1 Å². The van der Waals surface area contributed by atoms with Crippen LogP contribution in [0.3, 0.4) is 0 Å². The van der Waals surface area contributed by atoms with Gasteiger partial charge < -0.3 is 10.6 Å². The van der Waals surface area contributed by atoms with Gasteiger partial charge in [-0.05, 0) is 61.9 Å². The molecule has 2 N–H and O–H groups in total. The number of hydrogen-bond acceptors (Lipinski definition) is 2. The van der Waals surface area contributed by atoms with Gasteiger partial charge in [-0.3, -0.25) is 0 Å². The van der Waals surface area contributed by atoms with E-state index in [1.807, 2.05) is 0 Å². The van der Waals surface area contributed by atoms with Gasteiger partial charge in [0.05, 0.1) is 0 Å². The summed E-state index contributed by atoms with van der Waals surface area (Å²) in [5.41, 5.74) is 8.88. The molecule has 0 fully saturated rings. The van der Waals surface area contributed by atoms with Gasteiger partial charge in [0.2, 0.25) is 0 Å². The monoisotopic (exact) mass is 258 g/mol. The number of nitrogens with zero attached hydrogens (tertiary/aromatic N) is 1. The van der Waals surface area contributed by atoms with Crippen molar-refractivity contribution in [2.75, 3.05) is 18.0 Å². The van der Waals surface area contributed by atoms with Gasteiger partial charge in [0.25, 0.3) is 0 Å². The van der Waals surface area contributed by atoms with Crippen molar-refractivity contribution in [3.63, 3.8) is 0 Å². The van der Waals surface area contributed by atoms with Gasteiger partial charge >= 0.3 is 0 Å². The SMILES string of the molecule is CCN(c1ccc(F)cc1)c1ccc(CCN)cc1. The Morgan fingerprint density at radius 2 is 1.47 bits per heavy atom. The molecule has 100 valence electrons. The maximum atomic E-state index is 13.0. The molecule has 0 atom stereocenters. The molecule has 0 spiro atoms. The standard InChI is InChI=1S/C16H19FN2/c1-2-19(16-9-5-14(17)6-10-16)15-7-3-13(4-8-15)11-12-18/h3-10H,2,11-12,18H2,1H3. The predicted molar refractivity (Wildman–Crippen MR) is 78.3 cm³/mol. The number of nitrogens with two attached hydrogens (primary N) is 1. The lowest BCUT2D eigenvalue weighted by Crippen LogP contribution is -2.16. The lowest BCUT2D eigenvalue weighted by Gasteiger charge is -2.23. The zero-order valence-corrected chi connectivity index (χ0v) is 11.1. The Morgan fingerprint density at radius 1 is 0.947 bits per heavy atom. The first-order valence-corrected chi connectivity index (χ1v) is 6.56. The van der Waals surface area contributed by atoms with Crippen molar-refractivity contribution in [1.29, 1.82) is 0 Å². The van der Waals surface area contributed by atoms with Crippen molar-refractivity contribution < 1.29 is 4.39 Å². The molecule has 0 bridgehead atoms. The minimum absolute atomic E-state index is 0.210. The second-order valence-electron chi connectivity index (χ2n) is 4.43. The molecule has 0 saturated carbocycles. The molecule has 0 aromatic heterocycles. The van der Waals surface area contributed by atoms with Crippen LogP contribution in [-0.4, -0.2) is 13.1 Å². The van der Waals surface area contributed by atoms with Gasteiger partial charge in [-0.1, -0.05) is 12.1 Å². The third-order valence-corrected chi connectivity index (χ3v) is 3.14. The zero-order chi connectivity index (χ0) is 13.7. The largest absolute Gasteiger partial charge is 0.342 e. The molecule has 2 aromatic rings. The molecule has 0 unspecified atom stereocenters. The van der Waals surface area contributed by atoms with Crippen LogP contribution in [0.5, 0.6) is 0 Å². The lowest BCUT2D eigenvalue weighted by atomic mass is 10.1. The molecule has 0 radical (unpaired) electrons. The minimum Gasteiger partial charge on any atom is -0.342 e. The van der Waals surface area contributed by atoms with E-state index in [-0.39, 0.29) is 5.82 Å². The van der Waals surface area contributed by atoms with E-state index in [1.54, 1.807) is 12.1 Å². The Hall–Kier alpha value is -1.87. The molecule has 2 rings (SSSR count).